The largest absolute Gasteiger partial charge is 0.501 e. The normalized spacial score (nSPS) is 15.9. The van der Waals surface area contributed by atoms with Crippen LogP contribution in [0.25, 0.3) is 0 Å². The van der Waals surface area contributed by atoms with E-state index in [1.807, 2.05) is 44.4 Å². The lowest BCUT2D eigenvalue weighted by Crippen LogP contribution is -2.43. The van der Waals surface area contributed by atoms with Crippen LogP contribution in [-0.4, -0.2) is 89.6 Å². The van der Waals surface area contributed by atoms with E-state index in [1.54, 1.807) is 10.8 Å². The second-order valence-corrected chi connectivity index (χ2v) is 15.9. The zero-order chi connectivity index (χ0) is 33.5. The number of alkyl halides is 3. The molecule has 1 aliphatic heterocycles. The number of nitrogens with one attached hydrogen (secondary N) is 2. The van der Waals surface area contributed by atoms with Crippen LogP contribution in [-0.2, 0) is 19.9 Å². The quantitative estimate of drug-likeness (QED) is 0.236. The summed E-state index contributed by atoms with van der Waals surface area (Å²) < 4.78 is 95.1. The van der Waals surface area contributed by atoms with Crippen molar-refractivity contribution in [3.8, 4) is 0 Å². The third-order valence-electron chi connectivity index (χ3n) is 7.76. The van der Waals surface area contributed by atoms with Crippen LogP contribution in [0.4, 0.5) is 18.9 Å². The molecular weight excluding hydrogens is 662 g/mol. The highest BCUT2D eigenvalue weighted by Crippen LogP contribution is 2.36. The maximum atomic E-state index is 13.9. The van der Waals surface area contributed by atoms with Gasteiger partial charge in [0.1, 0.15) is 4.90 Å². The molecule has 2 N–H and O–H groups in total. The summed E-state index contributed by atoms with van der Waals surface area (Å²) in [6, 6.07) is 19.2. The Labute approximate surface area is 272 Å². The van der Waals surface area contributed by atoms with E-state index >= 15 is 0 Å². The first-order chi connectivity index (χ1) is 21.7. The Morgan fingerprint density at radius 2 is 1.57 bits per heavy atom. The van der Waals surface area contributed by atoms with E-state index in [0.717, 1.165) is 43.0 Å². The summed E-state index contributed by atoms with van der Waals surface area (Å²) >= 11 is 1.47. The Hall–Kier alpha value is -3.11. The molecule has 1 fully saturated rings. The number of sulfonamides is 1. The van der Waals surface area contributed by atoms with Crippen molar-refractivity contribution in [2.45, 2.75) is 51.5 Å². The van der Waals surface area contributed by atoms with Gasteiger partial charge in [0, 0.05) is 34.8 Å². The van der Waals surface area contributed by atoms with Crippen molar-refractivity contribution >= 4 is 43.2 Å². The summed E-state index contributed by atoms with van der Waals surface area (Å²) in [6.45, 7) is 2.35. The highest BCUT2D eigenvalue weighted by atomic mass is 32.2. The minimum absolute atomic E-state index is 0.00260. The molecule has 0 bridgehead atoms. The minimum atomic E-state index is -5.99. The zero-order valence-corrected chi connectivity index (χ0v) is 27.9. The molecule has 1 aliphatic rings. The number of nitrogens with zero attached hydrogens (tertiary/aromatic N) is 2. The number of carbonyl (C=O) groups excluding carboxylic acids is 1. The Balaban J connectivity index is 1.62. The maximum Gasteiger partial charge on any atom is 0.501 e. The molecule has 0 spiro atoms. The van der Waals surface area contributed by atoms with Gasteiger partial charge in [0.15, 0.2) is 0 Å². The van der Waals surface area contributed by atoms with Crippen LogP contribution >= 0.6 is 11.8 Å². The Bertz CT molecular complexity index is 1680. The minimum Gasteiger partial charge on any atom is -0.380 e. The molecule has 1 amide bonds. The Morgan fingerprint density at radius 3 is 2.15 bits per heavy atom. The molecule has 0 aliphatic carbocycles. The first kappa shape index (κ1) is 35.7. The lowest BCUT2D eigenvalue weighted by Gasteiger charge is -2.36. The summed E-state index contributed by atoms with van der Waals surface area (Å²) in [5, 5.41) is 2.99. The fourth-order valence-corrected chi connectivity index (χ4v) is 8.11. The molecular formula is C31H37F3N4O5S3. The zero-order valence-electron chi connectivity index (χ0n) is 25.4. The number of hydrogen-bond acceptors (Lipinski definition) is 9. The van der Waals surface area contributed by atoms with Crippen LogP contribution in [0.15, 0.2) is 93.5 Å². The molecule has 0 aromatic heterocycles. The topological polar surface area (TPSA) is 116 Å². The second kappa shape index (κ2) is 15.2. The smallest absolute Gasteiger partial charge is 0.380 e. The van der Waals surface area contributed by atoms with E-state index < -0.39 is 47.1 Å². The number of rotatable bonds is 13. The predicted molar refractivity (Wildman–Crippen MR) is 173 cm³/mol. The Morgan fingerprint density at radius 1 is 0.957 bits per heavy atom. The number of anilines is 1. The van der Waals surface area contributed by atoms with Crippen molar-refractivity contribution in [2.75, 3.05) is 44.8 Å². The Kier molecular flexibility index (Phi) is 11.8. The van der Waals surface area contributed by atoms with Gasteiger partial charge in [0.05, 0.1) is 10.6 Å². The fraction of sp³-hybridized carbons (Fsp3) is 0.387. The van der Waals surface area contributed by atoms with E-state index in [9.17, 15) is 34.8 Å². The number of halogens is 3. The number of carbonyl (C=O) groups is 1. The number of benzene rings is 3. The highest BCUT2D eigenvalue weighted by Gasteiger charge is 2.48. The molecule has 1 atom stereocenters. The van der Waals surface area contributed by atoms with Gasteiger partial charge in [0.2, 0.25) is 0 Å². The van der Waals surface area contributed by atoms with Gasteiger partial charge in [0.25, 0.3) is 25.8 Å². The van der Waals surface area contributed by atoms with Crippen molar-refractivity contribution in [2.24, 2.45) is 0 Å². The number of piperidine rings is 1. The van der Waals surface area contributed by atoms with Crippen molar-refractivity contribution in [1.29, 1.82) is 0 Å². The van der Waals surface area contributed by atoms with Gasteiger partial charge >= 0.3 is 5.51 Å². The third-order valence-corrected chi connectivity index (χ3v) is 11.8. The van der Waals surface area contributed by atoms with E-state index in [4.69, 9.17) is 0 Å². The summed E-state index contributed by atoms with van der Waals surface area (Å²) in [6.07, 6.45) is 2.45. The maximum absolute atomic E-state index is 13.9. The number of sulfone groups is 1. The van der Waals surface area contributed by atoms with E-state index in [0.29, 0.717) is 30.8 Å². The number of likely N-dealkylation sites (tertiary alicyclic amines) is 1. The predicted octanol–water partition coefficient (Wildman–Crippen LogP) is 5.09. The molecule has 250 valence electrons. The third kappa shape index (κ3) is 9.25. The van der Waals surface area contributed by atoms with Gasteiger partial charge in [-0.05, 0) is 88.9 Å². The summed E-state index contributed by atoms with van der Waals surface area (Å²) in [5.74, 6) is -0.618. The molecule has 9 nitrogen and oxygen atoms in total. The second-order valence-electron chi connectivity index (χ2n) is 11.2. The number of thioether (sulfide) groups is 1. The molecule has 15 heteroatoms. The summed E-state index contributed by atoms with van der Waals surface area (Å²) in [4.78, 5) is 15.9. The number of amides is 1. The molecule has 1 heterocycles. The van der Waals surface area contributed by atoms with Gasteiger partial charge in [-0.3, -0.25) is 4.79 Å². The first-order valence-corrected chi connectivity index (χ1v) is 18.5. The molecule has 4 rings (SSSR count). The summed E-state index contributed by atoms with van der Waals surface area (Å²) in [7, 11) is -6.64. The number of hydrogen-bond donors (Lipinski definition) is 2. The molecule has 3 aromatic rings. The van der Waals surface area contributed by atoms with Crippen LogP contribution in [0.5, 0.6) is 0 Å². The van der Waals surface area contributed by atoms with Gasteiger partial charge in [-0.1, -0.05) is 36.4 Å². The standard InChI is InChI=1S/C31H37F3N4O5S3/c1-37(2)25-16-19-38(20-17-25)18-15-24(22-44-26-11-7-4-8-12-26)35-28-14-13-27(21-29(28)45(40,41)31(32,33)34)46(42,43)36-30(39)23-9-5-3-6-10-23/h3-14,21,24-25,35H,15-20,22H2,1-2H3,(H,36,39). The SMILES string of the molecule is CN(C)C1CCN(CCC(CSc2ccccc2)Nc2ccc(S(=O)(=O)NC(=O)c3ccccc3)cc2S(=O)(=O)C(F)(F)F)CC1. The van der Waals surface area contributed by atoms with E-state index in [1.165, 1.54) is 36.0 Å². The molecule has 1 unspecified atom stereocenters. The lowest BCUT2D eigenvalue weighted by molar-refractivity contribution is -0.0435. The summed E-state index contributed by atoms with van der Waals surface area (Å²) in [5.41, 5.74) is -6.09. The molecule has 0 saturated carbocycles. The van der Waals surface area contributed by atoms with Gasteiger partial charge in [-0.2, -0.15) is 13.2 Å². The van der Waals surface area contributed by atoms with Gasteiger partial charge in [-0.25, -0.2) is 21.6 Å². The first-order valence-electron chi connectivity index (χ1n) is 14.6. The molecule has 0 radical (unpaired) electrons. The van der Waals surface area contributed by atoms with Crippen LogP contribution < -0.4 is 10.0 Å². The highest BCUT2D eigenvalue weighted by molar-refractivity contribution is 7.99. The lowest BCUT2D eigenvalue weighted by atomic mass is 10.0. The molecule has 3 aromatic carbocycles. The van der Waals surface area contributed by atoms with Gasteiger partial charge in [-0.15, -0.1) is 11.8 Å². The van der Waals surface area contributed by atoms with E-state index in [2.05, 4.69) is 15.1 Å². The van der Waals surface area contributed by atoms with Crippen LogP contribution in [0.2, 0.25) is 0 Å². The monoisotopic (exact) mass is 698 g/mol. The van der Waals surface area contributed by atoms with Crippen LogP contribution in [0.3, 0.4) is 0 Å². The van der Waals surface area contributed by atoms with Crippen LogP contribution in [0, 0.1) is 0 Å². The van der Waals surface area contributed by atoms with Crippen molar-refractivity contribution in [3.05, 3.63) is 84.4 Å². The van der Waals surface area contributed by atoms with Crippen LogP contribution in [0.1, 0.15) is 29.6 Å². The average Bonchev–Trinajstić information content (AvgIpc) is 3.02. The molecule has 46 heavy (non-hydrogen) atoms. The van der Waals surface area contributed by atoms with Crippen molar-refractivity contribution in [1.82, 2.24) is 14.5 Å². The molecule has 1 saturated heterocycles. The average molecular weight is 699 g/mol. The van der Waals surface area contributed by atoms with E-state index in [-0.39, 0.29) is 11.3 Å². The van der Waals surface area contributed by atoms with Crippen molar-refractivity contribution < 1.29 is 34.8 Å². The fourth-order valence-electron chi connectivity index (χ4n) is 5.09. The van der Waals surface area contributed by atoms with Crippen molar-refractivity contribution in [3.63, 3.8) is 0 Å². The van der Waals surface area contributed by atoms with Gasteiger partial charge < -0.3 is 15.1 Å².